The maximum Gasteiger partial charge on any atom is 0.178 e. The minimum Gasteiger partial charge on any atom is -0.331 e. The van der Waals surface area contributed by atoms with E-state index in [1.165, 1.54) is 5.56 Å². The van der Waals surface area contributed by atoms with Crippen LogP contribution < -0.4 is 0 Å². The number of rotatable bonds is 2. The summed E-state index contributed by atoms with van der Waals surface area (Å²) in [6.45, 7) is 2.79. The fourth-order valence-corrected chi connectivity index (χ4v) is 2.69. The SMILES string of the molecule is Cc1cccc2[nH]c(=S)n(Cc3ccc(C#N)cc3)c12. The van der Waals surface area contributed by atoms with Crippen molar-refractivity contribution in [3.8, 4) is 6.07 Å². The van der Waals surface area contributed by atoms with Gasteiger partial charge in [-0.15, -0.1) is 0 Å². The van der Waals surface area contributed by atoms with Gasteiger partial charge < -0.3 is 9.55 Å². The lowest BCUT2D eigenvalue weighted by molar-refractivity contribution is 0.808. The maximum absolute atomic E-state index is 8.83. The predicted molar refractivity (Wildman–Crippen MR) is 82.1 cm³/mol. The van der Waals surface area contributed by atoms with Crippen molar-refractivity contribution in [2.24, 2.45) is 0 Å². The molecule has 0 atom stereocenters. The highest BCUT2D eigenvalue weighted by Crippen LogP contribution is 2.19. The second kappa shape index (κ2) is 4.95. The Balaban J connectivity index is 2.08. The molecule has 20 heavy (non-hydrogen) atoms. The van der Waals surface area contributed by atoms with Crippen LogP contribution in [0.25, 0.3) is 11.0 Å². The average Bonchev–Trinajstić information content (AvgIpc) is 2.77. The summed E-state index contributed by atoms with van der Waals surface area (Å²) in [5.41, 5.74) is 5.20. The van der Waals surface area contributed by atoms with E-state index in [9.17, 15) is 0 Å². The lowest BCUT2D eigenvalue weighted by Gasteiger charge is -2.07. The molecule has 4 heteroatoms. The van der Waals surface area contributed by atoms with Crippen molar-refractivity contribution in [3.05, 3.63) is 63.9 Å². The fraction of sp³-hybridized carbons (Fsp3) is 0.125. The number of hydrogen-bond acceptors (Lipinski definition) is 2. The smallest absolute Gasteiger partial charge is 0.178 e. The number of nitrogens with zero attached hydrogens (tertiary/aromatic N) is 2. The Hall–Kier alpha value is -2.38. The van der Waals surface area contributed by atoms with Gasteiger partial charge in [0.05, 0.1) is 29.2 Å². The standard InChI is InChI=1S/C16H13N3S/c1-11-3-2-4-14-15(11)19(16(20)18-14)10-13-7-5-12(9-17)6-8-13/h2-8H,10H2,1H3,(H,18,20). The van der Waals surface area contributed by atoms with E-state index in [2.05, 4.69) is 28.6 Å². The highest BCUT2D eigenvalue weighted by atomic mass is 32.1. The van der Waals surface area contributed by atoms with Gasteiger partial charge in [-0.05, 0) is 48.5 Å². The van der Waals surface area contributed by atoms with E-state index >= 15 is 0 Å². The lowest BCUT2D eigenvalue weighted by Crippen LogP contribution is -2.00. The third-order valence-electron chi connectivity index (χ3n) is 3.42. The molecular formula is C16H13N3S. The van der Waals surface area contributed by atoms with Crippen LogP contribution in [0.15, 0.2) is 42.5 Å². The molecule has 98 valence electrons. The second-order valence-corrected chi connectivity index (χ2v) is 5.18. The molecule has 0 fully saturated rings. The Labute approximate surface area is 122 Å². The molecule has 0 radical (unpaired) electrons. The number of nitriles is 1. The van der Waals surface area contributed by atoms with Crippen LogP contribution in [0, 0.1) is 23.0 Å². The molecule has 0 saturated carbocycles. The summed E-state index contributed by atoms with van der Waals surface area (Å²) in [5, 5.41) is 8.83. The molecule has 0 unspecified atom stereocenters. The number of aromatic nitrogens is 2. The van der Waals surface area contributed by atoms with E-state index in [-0.39, 0.29) is 0 Å². The van der Waals surface area contributed by atoms with Crippen LogP contribution in [-0.4, -0.2) is 9.55 Å². The summed E-state index contributed by atoms with van der Waals surface area (Å²) in [6.07, 6.45) is 0. The van der Waals surface area contributed by atoms with Gasteiger partial charge in [-0.3, -0.25) is 0 Å². The van der Waals surface area contributed by atoms with Crippen molar-refractivity contribution in [3.63, 3.8) is 0 Å². The quantitative estimate of drug-likeness (QED) is 0.722. The summed E-state index contributed by atoms with van der Waals surface area (Å²) in [7, 11) is 0. The molecule has 0 amide bonds. The van der Waals surface area contributed by atoms with E-state index < -0.39 is 0 Å². The Morgan fingerprint density at radius 2 is 1.95 bits per heavy atom. The van der Waals surface area contributed by atoms with E-state index in [0.717, 1.165) is 21.4 Å². The van der Waals surface area contributed by atoms with Crippen molar-refractivity contribution in [2.45, 2.75) is 13.5 Å². The van der Waals surface area contributed by atoms with Crippen LogP contribution in [0.4, 0.5) is 0 Å². The number of benzene rings is 2. The van der Waals surface area contributed by atoms with Gasteiger partial charge in [0.1, 0.15) is 0 Å². The number of nitrogens with one attached hydrogen (secondary N) is 1. The first kappa shape index (κ1) is 12.6. The summed E-state index contributed by atoms with van der Waals surface area (Å²) in [6, 6.07) is 15.9. The Bertz CT molecular complexity index is 863. The molecule has 3 nitrogen and oxygen atoms in total. The van der Waals surface area contributed by atoms with Crippen LogP contribution >= 0.6 is 12.2 Å². The Kier molecular flexibility index (Phi) is 3.13. The lowest BCUT2D eigenvalue weighted by atomic mass is 10.1. The Morgan fingerprint density at radius 3 is 2.65 bits per heavy atom. The van der Waals surface area contributed by atoms with Gasteiger partial charge in [0.25, 0.3) is 0 Å². The van der Waals surface area contributed by atoms with Crippen molar-refractivity contribution in [1.82, 2.24) is 9.55 Å². The van der Waals surface area contributed by atoms with Gasteiger partial charge in [-0.1, -0.05) is 24.3 Å². The topological polar surface area (TPSA) is 44.5 Å². The molecule has 1 N–H and O–H groups in total. The third kappa shape index (κ3) is 2.13. The van der Waals surface area contributed by atoms with Gasteiger partial charge in [-0.2, -0.15) is 5.26 Å². The van der Waals surface area contributed by atoms with Crippen LogP contribution in [0.1, 0.15) is 16.7 Å². The van der Waals surface area contributed by atoms with Crippen LogP contribution in [-0.2, 0) is 6.54 Å². The number of hydrogen-bond donors (Lipinski definition) is 1. The normalized spacial score (nSPS) is 10.6. The van der Waals surface area contributed by atoms with E-state index in [1.807, 2.05) is 36.4 Å². The van der Waals surface area contributed by atoms with E-state index in [0.29, 0.717) is 12.1 Å². The highest BCUT2D eigenvalue weighted by Gasteiger charge is 2.07. The van der Waals surface area contributed by atoms with Gasteiger partial charge in [0.15, 0.2) is 4.77 Å². The minimum absolute atomic E-state index is 0.674. The molecule has 1 heterocycles. The van der Waals surface area contributed by atoms with Crippen molar-refractivity contribution >= 4 is 23.3 Å². The number of H-pyrrole nitrogens is 1. The largest absolute Gasteiger partial charge is 0.331 e. The zero-order valence-electron chi connectivity index (χ0n) is 11.1. The minimum atomic E-state index is 0.674. The first-order valence-corrected chi connectivity index (χ1v) is 6.77. The summed E-state index contributed by atoms with van der Waals surface area (Å²) in [5.74, 6) is 0. The molecule has 0 spiro atoms. The summed E-state index contributed by atoms with van der Waals surface area (Å²) in [4.78, 5) is 3.24. The molecule has 0 aliphatic rings. The molecule has 3 rings (SSSR count). The van der Waals surface area contributed by atoms with E-state index in [4.69, 9.17) is 17.5 Å². The molecular weight excluding hydrogens is 266 g/mol. The summed E-state index contributed by atoms with van der Waals surface area (Å²) < 4.78 is 2.82. The molecule has 0 saturated heterocycles. The third-order valence-corrected chi connectivity index (χ3v) is 3.74. The van der Waals surface area contributed by atoms with Crippen LogP contribution in [0.3, 0.4) is 0 Å². The number of para-hydroxylation sites is 1. The van der Waals surface area contributed by atoms with Gasteiger partial charge in [0.2, 0.25) is 0 Å². The number of fused-ring (bicyclic) bond motifs is 1. The second-order valence-electron chi connectivity index (χ2n) is 4.80. The Morgan fingerprint density at radius 1 is 1.20 bits per heavy atom. The first-order valence-electron chi connectivity index (χ1n) is 6.36. The molecule has 2 aromatic carbocycles. The van der Waals surface area contributed by atoms with Gasteiger partial charge in [-0.25, -0.2) is 0 Å². The fourth-order valence-electron chi connectivity index (χ4n) is 2.42. The van der Waals surface area contributed by atoms with Gasteiger partial charge >= 0.3 is 0 Å². The molecule has 0 aliphatic heterocycles. The monoisotopic (exact) mass is 279 g/mol. The van der Waals surface area contributed by atoms with Crippen LogP contribution in [0.5, 0.6) is 0 Å². The predicted octanol–water partition coefficient (Wildman–Crippen LogP) is 3.93. The van der Waals surface area contributed by atoms with Crippen LogP contribution in [0.2, 0.25) is 0 Å². The van der Waals surface area contributed by atoms with Crippen molar-refractivity contribution < 1.29 is 0 Å². The molecule has 0 bridgehead atoms. The number of imidazole rings is 1. The zero-order chi connectivity index (χ0) is 14.1. The first-order chi connectivity index (χ1) is 9.69. The van der Waals surface area contributed by atoms with Crippen molar-refractivity contribution in [2.75, 3.05) is 0 Å². The van der Waals surface area contributed by atoms with Crippen molar-refractivity contribution in [1.29, 1.82) is 5.26 Å². The highest BCUT2D eigenvalue weighted by molar-refractivity contribution is 7.71. The number of aryl methyl sites for hydroxylation is 1. The molecule has 1 aromatic heterocycles. The zero-order valence-corrected chi connectivity index (χ0v) is 11.9. The maximum atomic E-state index is 8.83. The van der Waals surface area contributed by atoms with E-state index in [1.54, 1.807) is 0 Å². The number of aromatic amines is 1. The molecule has 0 aliphatic carbocycles. The molecule has 3 aromatic rings. The van der Waals surface area contributed by atoms with Gasteiger partial charge in [0, 0.05) is 0 Å². The summed E-state index contributed by atoms with van der Waals surface area (Å²) >= 11 is 5.42. The average molecular weight is 279 g/mol.